The van der Waals surface area contributed by atoms with Crippen molar-refractivity contribution in [1.82, 2.24) is 0 Å². The van der Waals surface area contributed by atoms with E-state index in [0.717, 1.165) is 17.1 Å². The lowest BCUT2D eigenvalue weighted by molar-refractivity contribution is 0.302. The number of benzene rings is 2. The summed E-state index contributed by atoms with van der Waals surface area (Å²) >= 11 is 0. The molecule has 2 aromatic rings. The van der Waals surface area contributed by atoms with E-state index in [9.17, 15) is 0 Å². The van der Waals surface area contributed by atoms with Crippen molar-refractivity contribution >= 4 is 0 Å². The molecular formula is C20H20O2. The predicted octanol–water partition coefficient (Wildman–Crippen LogP) is 4.66. The van der Waals surface area contributed by atoms with Gasteiger partial charge in [0.05, 0.1) is 14.2 Å². The molecule has 0 heterocycles. The van der Waals surface area contributed by atoms with Crippen molar-refractivity contribution in [3.8, 4) is 5.75 Å². The van der Waals surface area contributed by atoms with Gasteiger partial charge in [0.25, 0.3) is 0 Å². The number of hydrogen-bond acceptors (Lipinski definition) is 2. The third kappa shape index (κ3) is 2.52. The van der Waals surface area contributed by atoms with Crippen LogP contribution in [-0.4, -0.2) is 14.2 Å². The number of rotatable bonds is 4. The van der Waals surface area contributed by atoms with Crippen LogP contribution in [0.15, 0.2) is 78.6 Å². The Morgan fingerprint density at radius 2 is 1.50 bits per heavy atom. The summed E-state index contributed by atoms with van der Waals surface area (Å²) in [5.74, 6) is 2.20. The second kappa shape index (κ2) is 6.10. The van der Waals surface area contributed by atoms with Gasteiger partial charge in [0.15, 0.2) is 0 Å². The summed E-state index contributed by atoms with van der Waals surface area (Å²) < 4.78 is 10.8. The van der Waals surface area contributed by atoms with Crippen LogP contribution in [0, 0.1) is 0 Å². The molecule has 2 nitrogen and oxygen atoms in total. The van der Waals surface area contributed by atoms with Crippen LogP contribution in [0.5, 0.6) is 5.75 Å². The maximum absolute atomic E-state index is 5.51. The van der Waals surface area contributed by atoms with Crippen molar-refractivity contribution in [2.45, 2.75) is 11.8 Å². The molecular weight excluding hydrogens is 272 g/mol. The van der Waals surface area contributed by atoms with Crippen LogP contribution >= 0.6 is 0 Å². The lowest BCUT2D eigenvalue weighted by Crippen LogP contribution is -2.07. The fourth-order valence-corrected chi connectivity index (χ4v) is 3.12. The molecule has 0 radical (unpaired) electrons. The van der Waals surface area contributed by atoms with Crippen LogP contribution in [0.3, 0.4) is 0 Å². The number of hydrogen-bond donors (Lipinski definition) is 0. The van der Waals surface area contributed by atoms with Gasteiger partial charge in [0.1, 0.15) is 11.5 Å². The zero-order chi connectivity index (χ0) is 15.5. The van der Waals surface area contributed by atoms with E-state index >= 15 is 0 Å². The zero-order valence-electron chi connectivity index (χ0n) is 13.0. The number of ether oxygens (including phenoxy) is 2. The Hall–Kier alpha value is -2.48. The average molecular weight is 292 g/mol. The molecule has 0 unspecified atom stereocenters. The maximum Gasteiger partial charge on any atom is 0.118 e. The summed E-state index contributed by atoms with van der Waals surface area (Å²) in [6.45, 7) is 4.26. The van der Waals surface area contributed by atoms with Crippen molar-refractivity contribution in [2.24, 2.45) is 0 Å². The standard InChI is InChI=1S/C20H20O2/c1-14-19(22-3)13-18(15-9-11-17(21-2)12-10-15)20(14)16-7-5-4-6-8-16/h4-13,18,20H,1H2,2-3H3/t18-,20-/m0/s1. The molecule has 1 aliphatic rings. The SMILES string of the molecule is C=C1C(OC)=C[C@@H](c2ccc(OC)cc2)[C@@H]1c1ccccc1. The van der Waals surface area contributed by atoms with Crippen LogP contribution in [0.4, 0.5) is 0 Å². The van der Waals surface area contributed by atoms with Crippen molar-refractivity contribution in [3.63, 3.8) is 0 Å². The van der Waals surface area contributed by atoms with E-state index in [0.29, 0.717) is 0 Å². The van der Waals surface area contributed by atoms with E-state index in [1.54, 1.807) is 14.2 Å². The Labute approximate surface area is 131 Å². The fraction of sp³-hybridized carbons (Fsp3) is 0.200. The molecule has 2 aromatic carbocycles. The van der Waals surface area contributed by atoms with Gasteiger partial charge in [-0.3, -0.25) is 0 Å². The van der Waals surface area contributed by atoms with E-state index < -0.39 is 0 Å². The van der Waals surface area contributed by atoms with Gasteiger partial charge < -0.3 is 9.47 Å². The van der Waals surface area contributed by atoms with E-state index in [1.165, 1.54) is 11.1 Å². The predicted molar refractivity (Wildman–Crippen MR) is 89.2 cm³/mol. The van der Waals surface area contributed by atoms with E-state index in [4.69, 9.17) is 9.47 Å². The molecule has 22 heavy (non-hydrogen) atoms. The van der Waals surface area contributed by atoms with Crippen LogP contribution in [0.2, 0.25) is 0 Å². The third-order valence-electron chi connectivity index (χ3n) is 4.26. The smallest absolute Gasteiger partial charge is 0.118 e. The van der Waals surface area contributed by atoms with Crippen LogP contribution in [0.25, 0.3) is 0 Å². The Bertz CT molecular complexity index is 683. The highest BCUT2D eigenvalue weighted by atomic mass is 16.5. The Morgan fingerprint density at radius 3 is 2.09 bits per heavy atom. The monoisotopic (exact) mass is 292 g/mol. The third-order valence-corrected chi connectivity index (χ3v) is 4.26. The van der Waals surface area contributed by atoms with Crippen LogP contribution < -0.4 is 4.74 Å². The first-order valence-electron chi connectivity index (χ1n) is 7.38. The largest absolute Gasteiger partial charge is 0.497 e. The molecule has 0 bridgehead atoms. The molecule has 0 spiro atoms. The average Bonchev–Trinajstić information content (AvgIpc) is 2.92. The summed E-state index contributed by atoms with van der Waals surface area (Å²) in [4.78, 5) is 0. The van der Waals surface area contributed by atoms with E-state index in [1.807, 2.05) is 18.2 Å². The molecule has 3 rings (SSSR count). The zero-order valence-corrected chi connectivity index (χ0v) is 13.0. The molecule has 112 valence electrons. The molecule has 0 N–H and O–H groups in total. The van der Waals surface area contributed by atoms with Gasteiger partial charge in [0, 0.05) is 11.8 Å². The minimum absolute atomic E-state index is 0.213. The van der Waals surface area contributed by atoms with Gasteiger partial charge in [-0.1, -0.05) is 49.0 Å². The highest BCUT2D eigenvalue weighted by molar-refractivity contribution is 5.50. The normalized spacial score (nSPS) is 20.6. The van der Waals surface area contributed by atoms with Gasteiger partial charge in [-0.05, 0) is 34.9 Å². The molecule has 2 heteroatoms. The Kier molecular flexibility index (Phi) is 4.01. The maximum atomic E-state index is 5.51. The lowest BCUT2D eigenvalue weighted by atomic mass is 9.82. The van der Waals surface area contributed by atoms with Gasteiger partial charge in [-0.15, -0.1) is 0 Å². The van der Waals surface area contributed by atoms with Gasteiger partial charge >= 0.3 is 0 Å². The summed E-state index contributed by atoms with van der Waals surface area (Å²) in [6.07, 6.45) is 2.17. The van der Waals surface area contributed by atoms with Gasteiger partial charge in [-0.2, -0.15) is 0 Å². The minimum Gasteiger partial charge on any atom is -0.497 e. The van der Waals surface area contributed by atoms with Gasteiger partial charge in [-0.25, -0.2) is 0 Å². The Morgan fingerprint density at radius 1 is 0.818 bits per heavy atom. The van der Waals surface area contributed by atoms with Crippen molar-refractivity contribution in [2.75, 3.05) is 14.2 Å². The number of methoxy groups -OCH3 is 2. The molecule has 0 aliphatic heterocycles. The highest BCUT2D eigenvalue weighted by Gasteiger charge is 2.34. The van der Waals surface area contributed by atoms with E-state index in [-0.39, 0.29) is 11.8 Å². The molecule has 0 amide bonds. The molecule has 0 fully saturated rings. The van der Waals surface area contributed by atoms with Crippen molar-refractivity contribution in [1.29, 1.82) is 0 Å². The van der Waals surface area contributed by atoms with E-state index in [2.05, 4.69) is 49.1 Å². The van der Waals surface area contributed by atoms with Crippen LogP contribution in [0.1, 0.15) is 23.0 Å². The summed E-state index contributed by atoms with van der Waals surface area (Å²) in [5, 5.41) is 0. The first-order valence-corrected chi connectivity index (χ1v) is 7.38. The topological polar surface area (TPSA) is 18.5 Å². The molecule has 0 saturated heterocycles. The molecule has 1 aliphatic carbocycles. The first-order chi connectivity index (χ1) is 10.7. The second-order valence-electron chi connectivity index (χ2n) is 5.45. The molecule has 2 atom stereocenters. The summed E-state index contributed by atoms with van der Waals surface area (Å²) in [5.41, 5.74) is 3.54. The minimum atomic E-state index is 0.213. The quantitative estimate of drug-likeness (QED) is 0.815. The molecule has 0 aromatic heterocycles. The van der Waals surface area contributed by atoms with Crippen LogP contribution in [-0.2, 0) is 4.74 Å². The lowest BCUT2D eigenvalue weighted by Gasteiger charge is -2.21. The van der Waals surface area contributed by atoms with Gasteiger partial charge in [0.2, 0.25) is 0 Å². The Balaban J connectivity index is 2.01. The first kappa shape index (κ1) is 14.5. The molecule has 0 saturated carbocycles. The summed E-state index contributed by atoms with van der Waals surface area (Å²) in [7, 11) is 3.39. The second-order valence-corrected chi connectivity index (χ2v) is 5.45. The number of allylic oxidation sites excluding steroid dienone is 2. The fourth-order valence-electron chi connectivity index (χ4n) is 3.12. The van der Waals surface area contributed by atoms with Crippen molar-refractivity contribution in [3.05, 3.63) is 89.7 Å². The summed E-state index contributed by atoms with van der Waals surface area (Å²) in [6, 6.07) is 18.7. The van der Waals surface area contributed by atoms with Crippen molar-refractivity contribution < 1.29 is 9.47 Å². The highest BCUT2D eigenvalue weighted by Crippen LogP contribution is 2.47.